The van der Waals surface area contributed by atoms with Crippen LogP contribution in [0.15, 0.2) is 29.3 Å². The van der Waals surface area contributed by atoms with Crippen LogP contribution in [0, 0.1) is 0 Å². The minimum atomic E-state index is -0.377. The van der Waals surface area contributed by atoms with Crippen LogP contribution < -0.4 is 5.43 Å². The molecule has 60 valence electrons. The number of nitrogens with zero attached hydrogens (tertiary/aromatic N) is 1. The smallest absolute Gasteiger partial charge is 0.181 e. The molecular formula is C8H11NO2. The number of hydrogen-bond donors (Lipinski definition) is 1. The second-order valence-corrected chi connectivity index (χ2v) is 2.58. The second kappa shape index (κ2) is 3.34. The molecule has 1 aromatic heterocycles. The van der Waals surface area contributed by atoms with Gasteiger partial charge in [-0.05, 0) is 6.92 Å². The molecule has 1 N–H and O–H groups in total. The van der Waals surface area contributed by atoms with Crippen LogP contribution in [0.2, 0.25) is 0 Å². The molecule has 0 aliphatic heterocycles. The van der Waals surface area contributed by atoms with E-state index in [9.17, 15) is 4.79 Å². The van der Waals surface area contributed by atoms with Gasteiger partial charge in [0.1, 0.15) is 0 Å². The molecule has 0 fully saturated rings. The number of pyridine rings is 1. The van der Waals surface area contributed by atoms with Gasteiger partial charge in [0.2, 0.25) is 0 Å². The van der Waals surface area contributed by atoms with Crippen molar-refractivity contribution in [2.24, 2.45) is 0 Å². The lowest BCUT2D eigenvalue weighted by Gasteiger charge is -2.06. The van der Waals surface area contributed by atoms with Crippen LogP contribution >= 0.6 is 0 Å². The molecule has 0 saturated heterocycles. The Morgan fingerprint density at radius 1 is 1.55 bits per heavy atom. The van der Waals surface area contributed by atoms with Gasteiger partial charge in [0.25, 0.3) is 0 Å². The summed E-state index contributed by atoms with van der Waals surface area (Å²) in [5.74, 6) is 0. The molecule has 0 saturated carbocycles. The first kappa shape index (κ1) is 8.01. The first-order valence-corrected chi connectivity index (χ1v) is 3.52. The summed E-state index contributed by atoms with van der Waals surface area (Å²) in [4.78, 5) is 10.6. The highest BCUT2D eigenvalue weighted by molar-refractivity contribution is 4.93. The maximum Gasteiger partial charge on any atom is 0.181 e. The number of aliphatic hydroxyl groups excluding tert-OH is 1. The SMILES string of the molecule is C[C@H](O)Cn1ccc(=O)cc1. The topological polar surface area (TPSA) is 42.2 Å². The second-order valence-electron chi connectivity index (χ2n) is 2.58. The Kier molecular flexibility index (Phi) is 2.44. The molecule has 0 radical (unpaired) electrons. The molecule has 3 heteroatoms. The Morgan fingerprint density at radius 3 is 2.55 bits per heavy atom. The van der Waals surface area contributed by atoms with Crippen molar-refractivity contribution in [3.05, 3.63) is 34.7 Å². The van der Waals surface area contributed by atoms with E-state index in [0.717, 1.165) is 0 Å². The van der Waals surface area contributed by atoms with Crippen LogP contribution in [-0.4, -0.2) is 15.8 Å². The van der Waals surface area contributed by atoms with Gasteiger partial charge in [-0.25, -0.2) is 0 Å². The third-order valence-corrected chi connectivity index (χ3v) is 1.34. The number of rotatable bonds is 2. The van der Waals surface area contributed by atoms with Crippen molar-refractivity contribution in [1.82, 2.24) is 4.57 Å². The van der Waals surface area contributed by atoms with Crippen molar-refractivity contribution >= 4 is 0 Å². The Morgan fingerprint density at radius 2 is 2.09 bits per heavy atom. The van der Waals surface area contributed by atoms with Crippen LogP contribution in [0.5, 0.6) is 0 Å². The van der Waals surface area contributed by atoms with Gasteiger partial charge in [0.15, 0.2) is 5.43 Å². The van der Waals surface area contributed by atoms with E-state index in [1.54, 1.807) is 23.9 Å². The van der Waals surface area contributed by atoms with Gasteiger partial charge in [-0.2, -0.15) is 0 Å². The summed E-state index contributed by atoms with van der Waals surface area (Å²) < 4.78 is 1.77. The Hall–Kier alpha value is -1.09. The maximum atomic E-state index is 10.6. The zero-order valence-electron chi connectivity index (χ0n) is 6.40. The van der Waals surface area contributed by atoms with Crippen LogP contribution in [0.1, 0.15) is 6.92 Å². The van der Waals surface area contributed by atoms with E-state index in [0.29, 0.717) is 6.54 Å². The minimum absolute atomic E-state index is 0.00755. The summed E-state index contributed by atoms with van der Waals surface area (Å²) in [5, 5.41) is 8.98. The predicted octanol–water partition coefficient (Wildman–Crippen LogP) is 0.229. The molecule has 0 aromatic carbocycles. The summed E-state index contributed by atoms with van der Waals surface area (Å²) in [7, 11) is 0. The summed E-state index contributed by atoms with van der Waals surface area (Å²) in [5.41, 5.74) is -0.00755. The van der Waals surface area contributed by atoms with E-state index in [-0.39, 0.29) is 11.5 Å². The highest BCUT2D eigenvalue weighted by Crippen LogP contribution is 1.88. The van der Waals surface area contributed by atoms with E-state index in [2.05, 4.69) is 0 Å². The van der Waals surface area contributed by atoms with Gasteiger partial charge in [-0.15, -0.1) is 0 Å². The summed E-state index contributed by atoms with van der Waals surface area (Å²) in [6, 6.07) is 2.95. The molecule has 11 heavy (non-hydrogen) atoms. The largest absolute Gasteiger partial charge is 0.392 e. The Balaban J connectivity index is 2.74. The highest BCUT2D eigenvalue weighted by atomic mass is 16.3. The zero-order chi connectivity index (χ0) is 8.27. The van der Waals surface area contributed by atoms with E-state index in [1.807, 2.05) is 0 Å². The highest BCUT2D eigenvalue weighted by Gasteiger charge is 1.94. The molecule has 0 unspecified atom stereocenters. The van der Waals surface area contributed by atoms with Crippen LogP contribution in [-0.2, 0) is 6.54 Å². The third-order valence-electron chi connectivity index (χ3n) is 1.34. The van der Waals surface area contributed by atoms with Crippen molar-refractivity contribution in [2.75, 3.05) is 0 Å². The molecule has 0 bridgehead atoms. The van der Waals surface area contributed by atoms with Crippen molar-refractivity contribution in [3.8, 4) is 0 Å². The first-order valence-electron chi connectivity index (χ1n) is 3.52. The Labute approximate surface area is 64.9 Å². The van der Waals surface area contributed by atoms with E-state index < -0.39 is 0 Å². The van der Waals surface area contributed by atoms with Crippen molar-refractivity contribution in [3.63, 3.8) is 0 Å². The zero-order valence-corrected chi connectivity index (χ0v) is 6.40. The van der Waals surface area contributed by atoms with E-state index >= 15 is 0 Å². The van der Waals surface area contributed by atoms with E-state index in [4.69, 9.17) is 5.11 Å². The molecule has 0 aliphatic carbocycles. The monoisotopic (exact) mass is 153 g/mol. The fourth-order valence-corrected chi connectivity index (χ4v) is 0.870. The van der Waals surface area contributed by atoms with Gasteiger partial charge in [0, 0.05) is 31.1 Å². The van der Waals surface area contributed by atoms with Crippen LogP contribution in [0.25, 0.3) is 0 Å². The summed E-state index contributed by atoms with van der Waals surface area (Å²) in [6.45, 7) is 2.23. The molecule has 0 amide bonds. The first-order chi connectivity index (χ1) is 5.18. The Bertz CT molecular complexity index is 257. The standard InChI is InChI=1S/C8H11NO2/c1-7(10)6-9-4-2-8(11)3-5-9/h2-5,7,10H,6H2,1H3/t7-/m0/s1. The van der Waals surface area contributed by atoms with Crippen LogP contribution in [0.4, 0.5) is 0 Å². The fraction of sp³-hybridized carbons (Fsp3) is 0.375. The minimum Gasteiger partial charge on any atom is -0.392 e. The third kappa shape index (κ3) is 2.55. The predicted molar refractivity (Wildman–Crippen MR) is 42.4 cm³/mol. The van der Waals surface area contributed by atoms with Gasteiger partial charge < -0.3 is 9.67 Å². The summed E-state index contributed by atoms with van der Waals surface area (Å²) >= 11 is 0. The van der Waals surface area contributed by atoms with Gasteiger partial charge >= 0.3 is 0 Å². The number of hydrogen-bond acceptors (Lipinski definition) is 2. The molecule has 1 atom stereocenters. The van der Waals surface area contributed by atoms with Gasteiger partial charge in [-0.1, -0.05) is 0 Å². The summed E-state index contributed by atoms with van der Waals surface area (Å²) in [6.07, 6.45) is 2.95. The molecule has 1 rings (SSSR count). The molecule has 3 nitrogen and oxygen atoms in total. The normalized spacial score (nSPS) is 12.9. The quantitative estimate of drug-likeness (QED) is 0.660. The number of aliphatic hydroxyl groups is 1. The molecule has 1 aromatic rings. The molecule has 0 aliphatic rings. The number of aromatic nitrogens is 1. The van der Waals surface area contributed by atoms with Gasteiger partial charge in [-0.3, -0.25) is 4.79 Å². The van der Waals surface area contributed by atoms with Crippen molar-refractivity contribution in [2.45, 2.75) is 19.6 Å². The maximum absolute atomic E-state index is 10.6. The van der Waals surface area contributed by atoms with E-state index in [1.165, 1.54) is 12.1 Å². The van der Waals surface area contributed by atoms with Crippen LogP contribution in [0.3, 0.4) is 0 Å². The molecule has 0 spiro atoms. The van der Waals surface area contributed by atoms with Gasteiger partial charge in [0.05, 0.1) is 6.10 Å². The molecular weight excluding hydrogens is 142 g/mol. The lowest BCUT2D eigenvalue weighted by molar-refractivity contribution is 0.173. The average molecular weight is 153 g/mol. The van der Waals surface area contributed by atoms with Crippen molar-refractivity contribution in [1.29, 1.82) is 0 Å². The lowest BCUT2D eigenvalue weighted by atomic mass is 10.4. The average Bonchev–Trinajstić information content (AvgIpc) is 1.93. The fourth-order valence-electron chi connectivity index (χ4n) is 0.870. The van der Waals surface area contributed by atoms with Crippen molar-refractivity contribution < 1.29 is 5.11 Å². The lowest BCUT2D eigenvalue weighted by Crippen LogP contribution is -2.12. The molecule has 1 heterocycles.